The van der Waals surface area contributed by atoms with Gasteiger partial charge in [-0.1, -0.05) is 17.9 Å². The number of carbonyl (C=O) groups is 2. The van der Waals surface area contributed by atoms with Crippen LogP contribution in [-0.2, 0) is 14.3 Å². The molecule has 1 rings (SSSR count). The highest BCUT2D eigenvalue weighted by molar-refractivity contribution is 5.88. The van der Waals surface area contributed by atoms with Crippen LogP contribution in [0, 0.1) is 6.92 Å². The predicted octanol–water partition coefficient (Wildman–Crippen LogP) is 0.253. The number of esters is 1. The first-order valence-corrected chi connectivity index (χ1v) is 6.49. The largest absolute Gasteiger partial charge is 0.457 e. The molecule has 0 fully saturated rings. The number of aromatic nitrogens is 3. The molecule has 1 N–H and O–H groups in total. The van der Waals surface area contributed by atoms with Gasteiger partial charge in [0.1, 0.15) is 12.6 Å². The van der Waals surface area contributed by atoms with Crippen molar-refractivity contribution < 1.29 is 19.1 Å². The molecule has 0 radical (unpaired) electrons. The summed E-state index contributed by atoms with van der Waals surface area (Å²) in [4.78, 5) is 23.7. The second-order valence-electron chi connectivity index (χ2n) is 4.31. The maximum atomic E-state index is 11.9. The van der Waals surface area contributed by atoms with E-state index in [1.807, 2.05) is 0 Å². The van der Waals surface area contributed by atoms with Crippen molar-refractivity contribution in [1.29, 1.82) is 0 Å². The van der Waals surface area contributed by atoms with Gasteiger partial charge in [-0.15, -0.1) is 5.10 Å². The minimum Gasteiger partial charge on any atom is -0.457 e. The van der Waals surface area contributed by atoms with Gasteiger partial charge in [-0.05, 0) is 13.8 Å². The Morgan fingerprint density at radius 1 is 1.52 bits per heavy atom. The molecule has 8 heteroatoms. The van der Waals surface area contributed by atoms with Crippen molar-refractivity contribution in [1.82, 2.24) is 20.3 Å². The van der Waals surface area contributed by atoms with Gasteiger partial charge >= 0.3 is 5.97 Å². The molecule has 1 unspecified atom stereocenters. The highest BCUT2D eigenvalue weighted by atomic mass is 16.5. The summed E-state index contributed by atoms with van der Waals surface area (Å²) < 4.78 is 11.1. The third-order valence-corrected chi connectivity index (χ3v) is 2.80. The van der Waals surface area contributed by atoms with Crippen molar-refractivity contribution in [2.45, 2.75) is 19.9 Å². The van der Waals surface area contributed by atoms with Gasteiger partial charge < -0.3 is 14.8 Å². The average molecular weight is 296 g/mol. The molecule has 116 valence electrons. The monoisotopic (exact) mass is 296 g/mol. The summed E-state index contributed by atoms with van der Waals surface area (Å²) in [7, 11) is 1.55. The number of carbonyl (C=O) groups excluding carboxylic acids is 2. The summed E-state index contributed by atoms with van der Waals surface area (Å²) in [5.41, 5.74) is 0.562. The summed E-state index contributed by atoms with van der Waals surface area (Å²) in [5.74, 6) is -0.822. The molecule has 0 aliphatic carbocycles. The first kappa shape index (κ1) is 16.8. The number of nitrogens with zero attached hydrogens (tertiary/aromatic N) is 3. The Morgan fingerprint density at radius 3 is 2.86 bits per heavy atom. The molecule has 21 heavy (non-hydrogen) atoms. The molecule has 0 aromatic carbocycles. The summed E-state index contributed by atoms with van der Waals surface area (Å²) in [5, 5.41) is 10.3. The molecule has 0 saturated heterocycles. The second kappa shape index (κ2) is 8.15. The van der Waals surface area contributed by atoms with Gasteiger partial charge in [0.05, 0.1) is 12.3 Å². The fraction of sp³-hybridized carbons (Fsp3) is 0.538. The lowest BCUT2D eigenvalue weighted by Crippen LogP contribution is -2.34. The number of nitrogens with one attached hydrogen (secondary N) is 1. The zero-order valence-electron chi connectivity index (χ0n) is 12.5. The van der Waals surface area contributed by atoms with Crippen molar-refractivity contribution in [2.24, 2.45) is 0 Å². The van der Waals surface area contributed by atoms with Crippen LogP contribution in [0.1, 0.15) is 29.1 Å². The van der Waals surface area contributed by atoms with E-state index in [0.29, 0.717) is 18.8 Å². The van der Waals surface area contributed by atoms with E-state index < -0.39 is 12.0 Å². The van der Waals surface area contributed by atoms with E-state index in [0.717, 1.165) is 0 Å². The van der Waals surface area contributed by atoms with Gasteiger partial charge in [-0.25, -0.2) is 9.48 Å². The van der Waals surface area contributed by atoms with Crippen LogP contribution >= 0.6 is 0 Å². The van der Waals surface area contributed by atoms with Crippen molar-refractivity contribution >= 4 is 11.9 Å². The normalized spacial score (nSPS) is 11.8. The average Bonchev–Trinajstić information content (AvgIpc) is 2.85. The Hall–Kier alpha value is -2.22. The minimum atomic E-state index is -0.592. The van der Waals surface area contributed by atoms with E-state index in [4.69, 9.17) is 9.47 Å². The second-order valence-corrected chi connectivity index (χ2v) is 4.31. The quantitative estimate of drug-likeness (QED) is 0.420. The fourth-order valence-corrected chi connectivity index (χ4v) is 1.64. The summed E-state index contributed by atoms with van der Waals surface area (Å²) >= 11 is 0. The van der Waals surface area contributed by atoms with Gasteiger partial charge in [0, 0.05) is 13.7 Å². The maximum absolute atomic E-state index is 11.9. The van der Waals surface area contributed by atoms with E-state index in [-0.39, 0.29) is 18.2 Å². The Balaban J connectivity index is 2.75. The van der Waals surface area contributed by atoms with Gasteiger partial charge in [-0.3, -0.25) is 4.79 Å². The third-order valence-electron chi connectivity index (χ3n) is 2.80. The summed E-state index contributed by atoms with van der Waals surface area (Å²) in [6, 6.07) is -0.588. The van der Waals surface area contributed by atoms with Gasteiger partial charge in [0.25, 0.3) is 0 Å². The van der Waals surface area contributed by atoms with Gasteiger partial charge in [-0.2, -0.15) is 0 Å². The molecule has 1 atom stereocenters. The molecule has 1 aromatic heterocycles. The number of hydrogen-bond acceptors (Lipinski definition) is 6. The van der Waals surface area contributed by atoms with Gasteiger partial charge in [0.15, 0.2) is 5.69 Å². The fourth-order valence-electron chi connectivity index (χ4n) is 1.64. The Morgan fingerprint density at radius 2 is 2.24 bits per heavy atom. The molecular formula is C13H20N4O4. The standard InChI is InChI=1S/C13H20N4O4/c1-5-7-21-13(19)11-9(2)17(16-15-11)10(3)12(18)14-6-8-20-4/h5,10H,1,6-8H2,2-4H3,(H,14,18). The topological polar surface area (TPSA) is 95.3 Å². The molecule has 1 heterocycles. The van der Waals surface area contributed by atoms with Crippen molar-refractivity contribution in [3.05, 3.63) is 24.0 Å². The van der Waals surface area contributed by atoms with Crippen LogP contribution in [0.4, 0.5) is 0 Å². The molecular weight excluding hydrogens is 276 g/mol. The van der Waals surface area contributed by atoms with Gasteiger partial charge in [0.2, 0.25) is 5.91 Å². The molecule has 1 amide bonds. The lowest BCUT2D eigenvalue weighted by atomic mass is 10.2. The summed E-state index contributed by atoms with van der Waals surface area (Å²) in [6.07, 6.45) is 1.46. The SMILES string of the molecule is C=CCOC(=O)c1nnn(C(C)C(=O)NCCOC)c1C. The minimum absolute atomic E-state index is 0.0911. The zero-order valence-corrected chi connectivity index (χ0v) is 12.5. The number of ether oxygens (including phenoxy) is 2. The predicted molar refractivity (Wildman–Crippen MR) is 74.8 cm³/mol. The van der Waals surface area contributed by atoms with Crippen LogP contribution in [-0.4, -0.2) is 53.7 Å². The smallest absolute Gasteiger partial charge is 0.361 e. The van der Waals surface area contributed by atoms with E-state index in [2.05, 4.69) is 22.2 Å². The van der Waals surface area contributed by atoms with E-state index >= 15 is 0 Å². The van der Waals surface area contributed by atoms with Crippen LogP contribution in [0.25, 0.3) is 0 Å². The Labute approximate surface area is 123 Å². The molecule has 1 aromatic rings. The third kappa shape index (κ3) is 4.38. The van der Waals surface area contributed by atoms with Crippen LogP contribution < -0.4 is 5.32 Å². The van der Waals surface area contributed by atoms with E-state index in [1.165, 1.54) is 10.8 Å². The molecule has 0 aliphatic heterocycles. The van der Waals surface area contributed by atoms with Crippen molar-refractivity contribution in [3.63, 3.8) is 0 Å². The molecule has 0 saturated carbocycles. The lowest BCUT2D eigenvalue weighted by Gasteiger charge is -2.13. The molecule has 8 nitrogen and oxygen atoms in total. The Kier molecular flexibility index (Phi) is 6.54. The number of methoxy groups -OCH3 is 1. The van der Waals surface area contributed by atoms with E-state index in [1.54, 1.807) is 21.0 Å². The zero-order chi connectivity index (χ0) is 15.8. The number of amides is 1. The molecule has 0 aliphatic rings. The highest BCUT2D eigenvalue weighted by Crippen LogP contribution is 2.12. The maximum Gasteiger partial charge on any atom is 0.361 e. The Bertz CT molecular complexity index is 512. The lowest BCUT2D eigenvalue weighted by molar-refractivity contribution is -0.124. The van der Waals surface area contributed by atoms with Crippen molar-refractivity contribution in [2.75, 3.05) is 26.9 Å². The molecule has 0 bridgehead atoms. The molecule has 0 spiro atoms. The first-order chi connectivity index (χ1) is 10.0. The van der Waals surface area contributed by atoms with Crippen molar-refractivity contribution in [3.8, 4) is 0 Å². The van der Waals surface area contributed by atoms with Crippen LogP contribution in [0.2, 0.25) is 0 Å². The summed E-state index contributed by atoms with van der Waals surface area (Å²) in [6.45, 7) is 7.71. The van der Waals surface area contributed by atoms with Crippen LogP contribution in [0.3, 0.4) is 0 Å². The number of rotatable bonds is 8. The number of hydrogen-bond donors (Lipinski definition) is 1. The van der Waals surface area contributed by atoms with Crippen LogP contribution in [0.15, 0.2) is 12.7 Å². The first-order valence-electron chi connectivity index (χ1n) is 6.49. The van der Waals surface area contributed by atoms with E-state index in [9.17, 15) is 9.59 Å². The highest BCUT2D eigenvalue weighted by Gasteiger charge is 2.23. The van der Waals surface area contributed by atoms with Crippen LogP contribution in [0.5, 0.6) is 0 Å².